The fourth-order valence-corrected chi connectivity index (χ4v) is 10.8. The zero-order valence-corrected chi connectivity index (χ0v) is 24.0. The van der Waals surface area contributed by atoms with Crippen LogP contribution in [0.2, 0.25) is 0 Å². The molecule has 0 saturated heterocycles. The lowest BCUT2D eigenvalue weighted by atomic mass is 9.34. The van der Waals surface area contributed by atoms with Gasteiger partial charge in [0.2, 0.25) is 0 Å². The van der Waals surface area contributed by atoms with E-state index in [1.807, 2.05) is 26.8 Å². The van der Waals surface area contributed by atoms with Crippen LogP contribution in [0.25, 0.3) is 0 Å². The van der Waals surface area contributed by atoms with Crippen LogP contribution in [0.4, 0.5) is 0 Å². The van der Waals surface area contributed by atoms with Gasteiger partial charge in [0, 0.05) is 16.7 Å². The molecule has 5 rings (SSSR count). The summed E-state index contributed by atoms with van der Waals surface area (Å²) in [6, 6.07) is 0. The van der Waals surface area contributed by atoms with E-state index in [4.69, 9.17) is 0 Å². The molecule has 5 aliphatic rings. The molecule has 5 aliphatic carbocycles. The van der Waals surface area contributed by atoms with E-state index in [1.165, 1.54) is 5.57 Å². The number of hydrogen-bond acceptors (Lipinski definition) is 3. The molecule has 0 aromatic heterocycles. The molecule has 0 aromatic carbocycles. The van der Waals surface area contributed by atoms with Gasteiger partial charge in [-0.15, -0.1) is 0 Å². The number of Topliss-reactive ketones (excluding diaryl/α,β-unsaturated/α-hetero) is 1. The van der Waals surface area contributed by atoms with E-state index in [1.54, 1.807) is 0 Å². The van der Waals surface area contributed by atoms with Gasteiger partial charge in [0.05, 0.1) is 9.90 Å². The fourth-order valence-electron chi connectivity index (χ4n) is 9.82. The first-order chi connectivity index (χ1) is 16.0. The minimum absolute atomic E-state index is 0.0487. The lowest BCUT2D eigenvalue weighted by molar-refractivity contribution is -0.171. The maximum atomic E-state index is 14.2. The Morgan fingerprint density at radius 2 is 1.60 bits per heavy atom. The summed E-state index contributed by atoms with van der Waals surface area (Å²) in [4.78, 5) is 39.6. The average molecular weight is 546 g/mol. The van der Waals surface area contributed by atoms with Crippen molar-refractivity contribution in [3.05, 3.63) is 22.2 Å². The SMILES string of the molecule is CC1(C)C(=O)C(Br)=C[C@]2(C)[C@H]3C(=O)C=C4[C@H]5C[C@@](C)(C(=O)O)CC[C@]5(C)CC[C@@]4(C)[C@]3(C)CC[C@@H]12. The van der Waals surface area contributed by atoms with Crippen LogP contribution in [-0.2, 0) is 14.4 Å². The number of rotatable bonds is 1. The maximum absolute atomic E-state index is 14.2. The monoisotopic (exact) mass is 544 g/mol. The zero-order valence-electron chi connectivity index (χ0n) is 22.4. The van der Waals surface area contributed by atoms with Crippen molar-refractivity contribution < 1.29 is 19.5 Å². The van der Waals surface area contributed by atoms with Crippen LogP contribution in [0.3, 0.4) is 0 Å². The molecule has 0 radical (unpaired) electrons. The number of carboxylic acid groups (broad SMARTS) is 1. The topological polar surface area (TPSA) is 71.4 Å². The van der Waals surface area contributed by atoms with Crippen molar-refractivity contribution in [2.24, 2.45) is 50.2 Å². The molecule has 0 aromatic rings. The minimum Gasteiger partial charge on any atom is -0.481 e. The van der Waals surface area contributed by atoms with Crippen molar-refractivity contribution >= 4 is 33.5 Å². The molecule has 3 fully saturated rings. The summed E-state index contributed by atoms with van der Waals surface area (Å²) in [7, 11) is 0. The Hall–Kier alpha value is -1.23. The third kappa shape index (κ3) is 3.00. The van der Waals surface area contributed by atoms with E-state index < -0.39 is 22.2 Å². The number of allylic oxidation sites excluding steroid dienone is 4. The number of fused-ring (bicyclic) bond motifs is 7. The number of aliphatic carboxylic acids is 1. The highest BCUT2D eigenvalue weighted by Crippen LogP contribution is 2.74. The second-order valence-electron chi connectivity index (χ2n) is 14.5. The molecule has 0 bridgehead atoms. The highest BCUT2D eigenvalue weighted by Gasteiger charge is 2.70. The molecule has 35 heavy (non-hydrogen) atoms. The molecule has 192 valence electrons. The molecule has 3 saturated carbocycles. The van der Waals surface area contributed by atoms with Crippen molar-refractivity contribution in [3.63, 3.8) is 0 Å². The molecule has 5 heteroatoms. The van der Waals surface area contributed by atoms with E-state index in [0.717, 1.165) is 32.1 Å². The normalized spacial score (nSPS) is 50.7. The first kappa shape index (κ1) is 25.4. The van der Waals surface area contributed by atoms with E-state index in [-0.39, 0.29) is 45.6 Å². The zero-order chi connectivity index (χ0) is 26.0. The second kappa shape index (κ2) is 7.20. The molecular weight excluding hydrogens is 504 g/mol. The molecule has 8 atom stereocenters. The maximum Gasteiger partial charge on any atom is 0.309 e. The van der Waals surface area contributed by atoms with Gasteiger partial charge in [-0.25, -0.2) is 0 Å². The quantitative estimate of drug-likeness (QED) is 0.381. The Balaban J connectivity index is 1.67. The van der Waals surface area contributed by atoms with Crippen molar-refractivity contribution in [3.8, 4) is 0 Å². The Morgan fingerprint density at radius 3 is 2.23 bits per heavy atom. The Bertz CT molecular complexity index is 1100. The Labute approximate surface area is 218 Å². The lowest BCUT2D eigenvalue weighted by Crippen LogP contribution is -2.65. The van der Waals surface area contributed by atoms with Crippen LogP contribution in [0.1, 0.15) is 93.4 Å². The predicted octanol–water partition coefficient (Wildman–Crippen LogP) is 7.12. The van der Waals surface area contributed by atoms with Crippen molar-refractivity contribution in [1.29, 1.82) is 0 Å². The van der Waals surface area contributed by atoms with Crippen LogP contribution >= 0.6 is 15.9 Å². The predicted molar refractivity (Wildman–Crippen MR) is 140 cm³/mol. The fraction of sp³-hybridized carbons (Fsp3) is 0.767. The highest BCUT2D eigenvalue weighted by atomic mass is 79.9. The number of carboxylic acids is 1. The average Bonchev–Trinajstić information content (AvgIpc) is 2.74. The molecule has 0 heterocycles. The summed E-state index contributed by atoms with van der Waals surface area (Å²) in [6.45, 7) is 15.2. The van der Waals surface area contributed by atoms with E-state index in [0.29, 0.717) is 17.3 Å². The summed E-state index contributed by atoms with van der Waals surface area (Å²) in [6.07, 6.45) is 10.2. The van der Waals surface area contributed by atoms with Crippen molar-refractivity contribution in [1.82, 2.24) is 0 Å². The smallest absolute Gasteiger partial charge is 0.309 e. The van der Waals surface area contributed by atoms with Gasteiger partial charge in [-0.2, -0.15) is 0 Å². The summed E-state index contributed by atoms with van der Waals surface area (Å²) in [5.74, 6) is -0.353. The van der Waals surface area contributed by atoms with Crippen LogP contribution in [0.15, 0.2) is 22.2 Å². The summed E-state index contributed by atoms with van der Waals surface area (Å²) < 4.78 is 0.610. The number of carbonyl (C=O) groups is 3. The number of ketones is 2. The number of halogens is 1. The van der Waals surface area contributed by atoms with Crippen LogP contribution in [0.5, 0.6) is 0 Å². The standard InChI is InChI=1S/C30H41BrO4/c1-25(2)21-8-9-30(7)22(28(21,5)16-19(31)23(25)33)20(32)14-17-18-15-27(4,24(34)35)11-10-26(18,3)12-13-29(17,30)6/h14,16,18,21-22H,8-13,15H2,1-7H3,(H,34,35)/t18-,21+,22-,26-,27+,28+,29-,30-/m1/s1. The van der Waals surface area contributed by atoms with Crippen LogP contribution in [-0.4, -0.2) is 22.6 Å². The number of carbonyl (C=O) groups excluding carboxylic acids is 2. The summed E-state index contributed by atoms with van der Waals surface area (Å²) in [5.41, 5.74) is -0.800. The van der Waals surface area contributed by atoms with Gasteiger partial charge in [0.15, 0.2) is 11.6 Å². The van der Waals surface area contributed by atoms with Gasteiger partial charge >= 0.3 is 5.97 Å². The van der Waals surface area contributed by atoms with Gasteiger partial charge in [-0.1, -0.05) is 53.2 Å². The second-order valence-corrected chi connectivity index (χ2v) is 15.3. The van der Waals surface area contributed by atoms with E-state index in [2.05, 4.69) is 49.7 Å². The van der Waals surface area contributed by atoms with Crippen molar-refractivity contribution in [2.45, 2.75) is 93.4 Å². The summed E-state index contributed by atoms with van der Waals surface area (Å²) in [5, 5.41) is 10.1. The first-order valence-corrected chi connectivity index (χ1v) is 14.2. The molecule has 0 amide bonds. The number of hydrogen-bond donors (Lipinski definition) is 1. The van der Waals surface area contributed by atoms with E-state index >= 15 is 0 Å². The van der Waals surface area contributed by atoms with E-state index in [9.17, 15) is 19.5 Å². The minimum atomic E-state index is -0.741. The van der Waals surface area contributed by atoms with Gasteiger partial charge < -0.3 is 5.11 Å². The Morgan fingerprint density at radius 1 is 0.971 bits per heavy atom. The Kier molecular flexibility index (Phi) is 5.23. The molecular formula is C30H41BrO4. The third-order valence-electron chi connectivity index (χ3n) is 12.4. The van der Waals surface area contributed by atoms with Gasteiger partial charge in [0.1, 0.15) is 0 Å². The van der Waals surface area contributed by atoms with Gasteiger partial charge in [0.25, 0.3) is 0 Å². The van der Waals surface area contributed by atoms with Crippen LogP contribution < -0.4 is 0 Å². The van der Waals surface area contributed by atoms with Gasteiger partial charge in [-0.3, -0.25) is 14.4 Å². The van der Waals surface area contributed by atoms with Crippen molar-refractivity contribution in [2.75, 3.05) is 0 Å². The van der Waals surface area contributed by atoms with Gasteiger partial charge in [-0.05, 0) is 102 Å². The largest absolute Gasteiger partial charge is 0.481 e. The van der Waals surface area contributed by atoms with Crippen LogP contribution in [0, 0.1) is 50.2 Å². The lowest BCUT2D eigenvalue weighted by Gasteiger charge is -2.69. The molecule has 4 nitrogen and oxygen atoms in total. The molecule has 0 aliphatic heterocycles. The molecule has 1 N–H and O–H groups in total. The molecule has 0 unspecified atom stereocenters. The third-order valence-corrected chi connectivity index (χ3v) is 13.0. The first-order valence-electron chi connectivity index (χ1n) is 13.4. The summed E-state index contributed by atoms with van der Waals surface area (Å²) >= 11 is 3.57. The molecule has 0 spiro atoms. The highest BCUT2D eigenvalue weighted by molar-refractivity contribution is 9.12.